The zero-order chi connectivity index (χ0) is 19.0. The first-order valence-corrected chi connectivity index (χ1v) is 9.06. The molecule has 6 heteroatoms. The van der Waals surface area contributed by atoms with Gasteiger partial charge in [0.15, 0.2) is 5.58 Å². The van der Waals surface area contributed by atoms with E-state index in [4.69, 9.17) is 4.52 Å². The summed E-state index contributed by atoms with van der Waals surface area (Å²) in [6, 6.07) is 11.8. The van der Waals surface area contributed by atoms with E-state index < -0.39 is 0 Å². The van der Waals surface area contributed by atoms with Crippen LogP contribution in [0.25, 0.3) is 22.1 Å². The molecular formula is C21H21N3O3. The van der Waals surface area contributed by atoms with E-state index in [1.807, 2.05) is 43.3 Å². The van der Waals surface area contributed by atoms with Gasteiger partial charge < -0.3 is 15.2 Å². The van der Waals surface area contributed by atoms with Crippen molar-refractivity contribution in [3.05, 3.63) is 53.2 Å². The largest absolute Gasteiger partial charge is 0.359 e. The van der Waals surface area contributed by atoms with Crippen LogP contribution >= 0.6 is 0 Å². The maximum absolute atomic E-state index is 12.4. The lowest BCUT2D eigenvalue weighted by atomic mass is 9.97. The molecule has 0 radical (unpaired) electrons. The van der Waals surface area contributed by atoms with Crippen LogP contribution in [-0.2, 0) is 11.2 Å². The van der Waals surface area contributed by atoms with E-state index in [-0.39, 0.29) is 18.2 Å². The lowest BCUT2D eigenvalue weighted by molar-refractivity contribution is -0.120. The van der Waals surface area contributed by atoms with E-state index in [2.05, 4.69) is 15.8 Å². The monoisotopic (exact) mass is 363 g/mol. The molecule has 1 aromatic heterocycles. The molecular weight excluding hydrogens is 342 g/mol. The summed E-state index contributed by atoms with van der Waals surface area (Å²) in [4.78, 5) is 24.0. The Bertz CT molecular complexity index is 1030. The van der Waals surface area contributed by atoms with Crippen LogP contribution in [0, 0.1) is 6.92 Å². The van der Waals surface area contributed by atoms with Crippen LogP contribution in [0.5, 0.6) is 0 Å². The van der Waals surface area contributed by atoms with Gasteiger partial charge in [-0.1, -0.05) is 17.3 Å². The van der Waals surface area contributed by atoms with Crippen molar-refractivity contribution in [1.82, 2.24) is 15.8 Å². The number of benzene rings is 2. The standard InChI is InChI=1S/C21H21N3O3/c1-12-3-4-14(21(26)23-15-6-7-15)9-17(12)13-5-8-16-18(11-20(25)22-2)24-27-19(16)10-13/h3-5,8-10,15H,6-7,11H2,1-2H3,(H,22,25)(H,23,26). The third kappa shape index (κ3) is 3.56. The molecule has 0 spiro atoms. The van der Waals surface area contributed by atoms with Crippen LogP contribution in [-0.4, -0.2) is 30.1 Å². The van der Waals surface area contributed by atoms with Crippen LogP contribution in [0.3, 0.4) is 0 Å². The van der Waals surface area contributed by atoms with Crippen LogP contribution in [0.1, 0.15) is 34.5 Å². The minimum atomic E-state index is -0.112. The van der Waals surface area contributed by atoms with Gasteiger partial charge in [-0.3, -0.25) is 9.59 Å². The summed E-state index contributed by atoms with van der Waals surface area (Å²) in [5, 5.41) is 10.5. The fraction of sp³-hybridized carbons (Fsp3) is 0.286. The molecule has 0 atom stereocenters. The molecule has 0 bridgehead atoms. The summed E-state index contributed by atoms with van der Waals surface area (Å²) >= 11 is 0. The maximum Gasteiger partial charge on any atom is 0.251 e. The third-order valence-electron chi connectivity index (χ3n) is 4.88. The van der Waals surface area contributed by atoms with Crippen molar-refractivity contribution in [3.63, 3.8) is 0 Å². The van der Waals surface area contributed by atoms with Crippen LogP contribution in [0.2, 0.25) is 0 Å². The van der Waals surface area contributed by atoms with Gasteiger partial charge in [-0.2, -0.15) is 0 Å². The van der Waals surface area contributed by atoms with Crippen molar-refractivity contribution >= 4 is 22.8 Å². The second kappa shape index (κ2) is 6.87. The molecule has 0 aliphatic heterocycles. The number of nitrogens with zero attached hydrogens (tertiary/aromatic N) is 1. The van der Waals surface area contributed by atoms with Gasteiger partial charge in [0.1, 0.15) is 5.69 Å². The predicted molar refractivity (Wildman–Crippen MR) is 102 cm³/mol. The van der Waals surface area contributed by atoms with Gasteiger partial charge in [-0.25, -0.2) is 0 Å². The quantitative estimate of drug-likeness (QED) is 0.730. The summed E-state index contributed by atoms with van der Waals surface area (Å²) in [5.74, 6) is -0.146. The molecule has 2 amide bonds. The van der Waals surface area contributed by atoms with E-state index in [0.29, 0.717) is 22.9 Å². The second-order valence-electron chi connectivity index (χ2n) is 6.97. The van der Waals surface area contributed by atoms with Gasteiger partial charge in [0, 0.05) is 24.0 Å². The number of hydrogen-bond acceptors (Lipinski definition) is 4. The number of aryl methyl sites for hydroxylation is 1. The Morgan fingerprint density at radius 1 is 1.19 bits per heavy atom. The van der Waals surface area contributed by atoms with E-state index in [9.17, 15) is 9.59 Å². The number of carbonyl (C=O) groups excluding carboxylic acids is 2. The average Bonchev–Trinajstić information content (AvgIpc) is 3.40. The summed E-state index contributed by atoms with van der Waals surface area (Å²) in [7, 11) is 1.60. The molecule has 1 fully saturated rings. The molecule has 2 N–H and O–H groups in total. The topological polar surface area (TPSA) is 84.2 Å². The summed E-state index contributed by atoms with van der Waals surface area (Å²) in [5.41, 5.74) is 4.89. The number of fused-ring (bicyclic) bond motifs is 1. The van der Waals surface area contributed by atoms with Gasteiger partial charge in [-0.15, -0.1) is 0 Å². The molecule has 1 heterocycles. The Labute approximate surface area is 156 Å². The van der Waals surface area contributed by atoms with Gasteiger partial charge in [0.05, 0.1) is 6.42 Å². The molecule has 2 aromatic carbocycles. The smallest absolute Gasteiger partial charge is 0.251 e. The average molecular weight is 363 g/mol. The molecule has 27 heavy (non-hydrogen) atoms. The number of likely N-dealkylation sites (N-methyl/N-ethyl adjacent to an activating group) is 1. The minimum Gasteiger partial charge on any atom is -0.359 e. The molecule has 6 nitrogen and oxygen atoms in total. The first-order chi connectivity index (χ1) is 13.0. The second-order valence-corrected chi connectivity index (χ2v) is 6.97. The summed E-state index contributed by atoms with van der Waals surface area (Å²) < 4.78 is 5.43. The first kappa shape index (κ1) is 17.3. The number of aromatic nitrogens is 1. The van der Waals surface area contributed by atoms with E-state index >= 15 is 0 Å². The van der Waals surface area contributed by atoms with E-state index in [1.165, 1.54) is 0 Å². The lowest BCUT2D eigenvalue weighted by Gasteiger charge is -2.10. The van der Waals surface area contributed by atoms with Gasteiger partial charge in [-0.05, 0) is 60.7 Å². The Kier molecular flexibility index (Phi) is 4.39. The Balaban J connectivity index is 1.67. The highest BCUT2D eigenvalue weighted by atomic mass is 16.5. The number of carbonyl (C=O) groups is 2. The lowest BCUT2D eigenvalue weighted by Crippen LogP contribution is -2.25. The van der Waals surface area contributed by atoms with Crippen molar-refractivity contribution < 1.29 is 14.1 Å². The Morgan fingerprint density at radius 3 is 2.74 bits per heavy atom. The van der Waals surface area contributed by atoms with Gasteiger partial charge in [0.25, 0.3) is 5.91 Å². The molecule has 138 valence electrons. The van der Waals surface area contributed by atoms with Crippen LogP contribution in [0.15, 0.2) is 40.9 Å². The van der Waals surface area contributed by atoms with Crippen molar-refractivity contribution in [2.24, 2.45) is 0 Å². The molecule has 0 saturated heterocycles. The van der Waals surface area contributed by atoms with E-state index in [1.54, 1.807) is 7.05 Å². The van der Waals surface area contributed by atoms with Gasteiger partial charge in [0.2, 0.25) is 5.91 Å². The van der Waals surface area contributed by atoms with Crippen molar-refractivity contribution in [3.8, 4) is 11.1 Å². The number of amides is 2. The number of nitrogens with one attached hydrogen (secondary N) is 2. The highest BCUT2D eigenvalue weighted by molar-refractivity contribution is 5.96. The van der Waals surface area contributed by atoms with Crippen molar-refractivity contribution in [1.29, 1.82) is 0 Å². The van der Waals surface area contributed by atoms with Gasteiger partial charge >= 0.3 is 0 Å². The van der Waals surface area contributed by atoms with Crippen molar-refractivity contribution in [2.75, 3.05) is 7.05 Å². The van der Waals surface area contributed by atoms with Crippen molar-refractivity contribution in [2.45, 2.75) is 32.2 Å². The molecule has 1 aliphatic rings. The van der Waals surface area contributed by atoms with E-state index in [0.717, 1.165) is 34.9 Å². The Hall–Kier alpha value is -3.15. The maximum atomic E-state index is 12.4. The highest BCUT2D eigenvalue weighted by Gasteiger charge is 2.24. The zero-order valence-corrected chi connectivity index (χ0v) is 15.3. The Morgan fingerprint density at radius 2 is 2.00 bits per heavy atom. The molecule has 0 unspecified atom stereocenters. The van der Waals surface area contributed by atoms with Crippen LogP contribution in [0.4, 0.5) is 0 Å². The molecule has 4 rings (SSSR count). The fourth-order valence-corrected chi connectivity index (χ4v) is 3.10. The molecule has 1 aliphatic carbocycles. The first-order valence-electron chi connectivity index (χ1n) is 9.06. The zero-order valence-electron chi connectivity index (χ0n) is 15.3. The third-order valence-corrected chi connectivity index (χ3v) is 4.88. The fourth-order valence-electron chi connectivity index (χ4n) is 3.10. The normalized spacial score (nSPS) is 13.6. The SMILES string of the molecule is CNC(=O)Cc1noc2cc(-c3cc(C(=O)NC4CC4)ccc3C)ccc12. The summed E-state index contributed by atoms with van der Waals surface area (Å²) in [6.45, 7) is 2.01. The number of hydrogen-bond donors (Lipinski definition) is 2. The molecule has 1 saturated carbocycles. The highest BCUT2D eigenvalue weighted by Crippen LogP contribution is 2.30. The predicted octanol–water partition coefficient (Wildman–Crippen LogP) is 2.98. The summed E-state index contributed by atoms with van der Waals surface area (Å²) in [6.07, 6.45) is 2.30. The molecule has 3 aromatic rings. The number of rotatable bonds is 5. The minimum absolute atomic E-state index is 0.0349. The van der Waals surface area contributed by atoms with Crippen LogP contribution < -0.4 is 10.6 Å².